The number of hydrogen-bond acceptors (Lipinski definition) is 9. The molecule has 0 bridgehead atoms. The maximum atomic E-state index is 13.9. The highest BCUT2D eigenvalue weighted by atomic mass is 32.2. The van der Waals surface area contributed by atoms with Crippen molar-refractivity contribution in [2.75, 3.05) is 39.4 Å². The number of allylic oxidation sites excluding steroid dienone is 3. The van der Waals surface area contributed by atoms with Crippen LogP contribution in [0, 0.1) is 0 Å². The van der Waals surface area contributed by atoms with Crippen LogP contribution < -0.4 is 14.8 Å². The van der Waals surface area contributed by atoms with E-state index in [1.165, 1.54) is 7.11 Å². The highest BCUT2D eigenvalue weighted by Gasteiger charge is 2.41. The summed E-state index contributed by atoms with van der Waals surface area (Å²) in [5.74, 6) is 1.21. The fourth-order valence-electron chi connectivity index (χ4n) is 5.33. The number of methoxy groups -OCH3 is 3. The SMILES string of the molecule is CCSCCOC(=O)C1=C(C)NC2=C(C(=O)CC(c3ccc(OC)c(OC)c3)C2)C1c1ccc(C(=O)OC)cc1. The Balaban J connectivity index is 1.72. The highest BCUT2D eigenvalue weighted by molar-refractivity contribution is 7.99. The summed E-state index contributed by atoms with van der Waals surface area (Å²) in [6, 6.07) is 12.6. The molecule has 0 radical (unpaired) electrons. The summed E-state index contributed by atoms with van der Waals surface area (Å²) in [6.45, 7) is 4.17. The van der Waals surface area contributed by atoms with Gasteiger partial charge in [-0.1, -0.05) is 25.1 Å². The molecule has 0 aromatic heterocycles. The van der Waals surface area contributed by atoms with E-state index in [-0.39, 0.29) is 24.7 Å². The third-order valence-electron chi connectivity index (χ3n) is 7.26. The number of Topliss-reactive ketones (excluding diaryl/α,β-unsaturated/α-hetero) is 1. The van der Waals surface area contributed by atoms with Gasteiger partial charge in [0.1, 0.15) is 6.61 Å². The summed E-state index contributed by atoms with van der Waals surface area (Å²) in [5, 5.41) is 3.37. The molecular formula is C31H35NO7S. The van der Waals surface area contributed by atoms with Crippen molar-refractivity contribution in [3.05, 3.63) is 81.7 Å². The Kier molecular flexibility index (Phi) is 9.58. The van der Waals surface area contributed by atoms with E-state index in [1.807, 2.05) is 25.1 Å². The Hall–Kier alpha value is -3.72. The first-order valence-electron chi connectivity index (χ1n) is 13.2. The second kappa shape index (κ2) is 13.1. The Morgan fingerprint density at radius 3 is 2.30 bits per heavy atom. The van der Waals surface area contributed by atoms with E-state index in [1.54, 1.807) is 50.2 Å². The van der Waals surface area contributed by atoms with Crippen LogP contribution in [0.3, 0.4) is 0 Å². The van der Waals surface area contributed by atoms with Crippen LogP contribution in [-0.4, -0.2) is 57.2 Å². The molecule has 0 saturated heterocycles. The molecule has 2 aromatic rings. The molecule has 4 rings (SSSR count). The summed E-state index contributed by atoms with van der Waals surface area (Å²) in [6.07, 6.45) is 0.862. The molecule has 1 heterocycles. The molecule has 2 aromatic carbocycles. The predicted octanol–water partition coefficient (Wildman–Crippen LogP) is 5.15. The van der Waals surface area contributed by atoms with E-state index >= 15 is 0 Å². The Morgan fingerprint density at radius 1 is 0.950 bits per heavy atom. The Morgan fingerprint density at radius 2 is 1.65 bits per heavy atom. The summed E-state index contributed by atoms with van der Waals surface area (Å²) < 4.78 is 21.3. The standard InChI is InChI=1S/C31H35NO7S/c1-6-40-14-13-39-31(35)27-18(2)32-23-15-22(21-11-12-25(36-3)26(17-21)37-4)16-24(33)29(23)28(27)19-7-9-20(10-8-19)30(34)38-5/h7-12,17,22,28,32H,6,13-16H2,1-5H3. The number of thioether (sulfide) groups is 1. The number of carbonyl (C=O) groups is 3. The van der Waals surface area contributed by atoms with Crippen molar-refractivity contribution in [2.45, 2.75) is 38.5 Å². The number of carbonyl (C=O) groups excluding carboxylic acids is 3. The van der Waals surface area contributed by atoms with E-state index in [0.717, 1.165) is 22.6 Å². The molecule has 1 aliphatic heterocycles. The summed E-state index contributed by atoms with van der Waals surface area (Å²) in [5.41, 5.74) is 4.49. The minimum Gasteiger partial charge on any atom is -0.493 e. The molecule has 2 unspecified atom stereocenters. The number of rotatable bonds is 10. The minimum absolute atomic E-state index is 0.0464. The average Bonchev–Trinajstić information content (AvgIpc) is 2.97. The molecular weight excluding hydrogens is 530 g/mol. The molecule has 212 valence electrons. The maximum absolute atomic E-state index is 13.9. The first kappa shape index (κ1) is 29.3. The van der Waals surface area contributed by atoms with E-state index in [2.05, 4.69) is 12.2 Å². The molecule has 8 nitrogen and oxygen atoms in total. The fourth-order valence-corrected chi connectivity index (χ4v) is 5.82. The normalized spacial score (nSPS) is 18.6. The largest absolute Gasteiger partial charge is 0.493 e. The third-order valence-corrected chi connectivity index (χ3v) is 8.12. The van der Waals surface area contributed by atoms with Gasteiger partial charge in [0.05, 0.1) is 32.5 Å². The van der Waals surface area contributed by atoms with Gasteiger partial charge in [-0.25, -0.2) is 9.59 Å². The van der Waals surface area contributed by atoms with Crippen LogP contribution in [0.5, 0.6) is 11.5 Å². The second-order valence-corrected chi connectivity index (χ2v) is 11.0. The summed E-state index contributed by atoms with van der Waals surface area (Å²) in [7, 11) is 4.50. The van der Waals surface area contributed by atoms with Crippen LogP contribution in [0.4, 0.5) is 0 Å². The van der Waals surface area contributed by atoms with Crippen molar-refractivity contribution < 1.29 is 33.3 Å². The lowest BCUT2D eigenvalue weighted by Gasteiger charge is -2.36. The number of dihydropyridines is 1. The van der Waals surface area contributed by atoms with Crippen LogP contribution in [0.2, 0.25) is 0 Å². The van der Waals surface area contributed by atoms with Crippen LogP contribution in [0.1, 0.15) is 60.0 Å². The average molecular weight is 566 g/mol. The maximum Gasteiger partial charge on any atom is 0.337 e. The van der Waals surface area contributed by atoms with E-state index in [9.17, 15) is 14.4 Å². The van der Waals surface area contributed by atoms with Crippen LogP contribution in [-0.2, 0) is 19.1 Å². The molecule has 9 heteroatoms. The lowest BCUT2D eigenvalue weighted by Crippen LogP contribution is -2.36. The van der Waals surface area contributed by atoms with E-state index < -0.39 is 17.9 Å². The van der Waals surface area contributed by atoms with Crippen LogP contribution >= 0.6 is 11.8 Å². The molecule has 2 aliphatic rings. The minimum atomic E-state index is -0.617. The second-order valence-electron chi connectivity index (χ2n) is 9.58. The van der Waals surface area contributed by atoms with Gasteiger partial charge in [0, 0.05) is 35.1 Å². The van der Waals surface area contributed by atoms with Gasteiger partial charge in [0.2, 0.25) is 0 Å². The molecule has 0 amide bonds. The van der Waals surface area contributed by atoms with E-state index in [4.69, 9.17) is 18.9 Å². The van der Waals surface area contributed by atoms with Gasteiger partial charge in [-0.3, -0.25) is 4.79 Å². The number of ketones is 1. The predicted molar refractivity (Wildman–Crippen MR) is 154 cm³/mol. The third kappa shape index (κ3) is 6.04. The first-order chi connectivity index (χ1) is 19.3. The Bertz CT molecular complexity index is 1350. The van der Waals surface area contributed by atoms with Crippen molar-refractivity contribution >= 4 is 29.5 Å². The van der Waals surface area contributed by atoms with Crippen molar-refractivity contribution in [1.29, 1.82) is 0 Å². The van der Waals surface area contributed by atoms with Gasteiger partial charge in [-0.15, -0.1) is 0 Å². The molecule has 40 heavy (non-hydrogen) atoms. The zero-order valence-electron chi connectivity index (χ0n) is 23.5. The number of esters is 2. The van der Waals surface area contributed by atoms with Crippen molar-refractivity contribution in [3.8, 4) is 11.5 Å². The summed E-state index contributed by atoms with van der Waals surface area (Å²) in [4.78, 5) is 39.3. The van der Waals surface area contributed by atoms with Gasteiger partial charge in [-0.2, -0.15) is 11.8 Å². The fraction of sp³-hybridized carbons (Fsp3) is 0.387. The zero-order valence-corrected chi connectivity index (χ0v) is 24.3. The number of nitrogens with one attached hydrogen (secondary N) is 1. The van der Waals surface area contributed by atoms with Gasteiger partial charge >= 0.3 is 11.9 Å². The monoisotopic (exact) mass is 565 g/mol. The molecule has 2 atom stereocenters. The van der Waals surface area contributed by atoms with Crippen LogP contribution in [0.15, 0.2) is 65.0 Å². The smallest absolute Gasteiger partial charge is 0.337 e. The molecule has 0 spiro atoms. The van der Waals surface area contributed by atoms with Crippen molar-refractivity contribution in [2.24, 2.45) is 0 Å². The summed E-state index contributed by atoms with van der Waals surface area (Å²) >= 11 is 1.69. The quantitative estimate of drug-likeness (QED) is 0.310. The number of hydrogen-bond donors (Lipinski definition) is 1. The molecule has 0 saturated carbocycles. The molecule has 1 N–H and O–H groups in total. The zero-order chi connectivity index (χ0) is 28.8. The lowest BCUT2D eigenvalue weighted by molar-refractivity contribution is -0.138. The molecule has 0 fully saturated rings. The highest BCUT2D eigenvalue weighted by Crippen LogP contribution is 2.46. The van der Waals surface area contributed by atoms with Gasteiger partial charge < -0.3 is 24.3 Å². The molecule has 1 aliphatic carbocycles. The topological polar surface area (TPSA) is 100 Å². The van der Waals surface area contributed by atoms with Crippen LogP contribution in [0.25, 0.3) is 0 Å². The van der Waals surface area contributed by atoms with Crippen molar-refractivity contribution in [3.63, 3.8) is 0 Å². The first-order valence-corrected chi connectivity index (χ1v) is 14.4. The van der Waals surface area contributed by atoms with E-state index in [0.29, 0.717) is 46.1 Å². The van der Waals surface area contributed by atoms with Gasteiger partial charge in [0.15, 0.2) is 17.3 Å². The lowest BCUT2D eigenvalue weighted by atomic mass is 9.71. The van der Waals surface area contributed by atoms with Gasteiger partial charge in [0.25, 0.3) is 0 Å². The van der Waals surface area contributed by atoms with Crippen molar-refractivity contribution in [1.82, 2.24) is 5.32 Å². The van der Waals surface area contributed by atoms with Gasteiger partial charge in [-0.05, 0) is 60.4 Å². The Labute approximate surface area is 239 Å². The number of benzene rings is 2. The number of ether oxygens (including phenoxy) is 4.